The Hall–Kier alpha value is -3.42. The Labute approximate surface area is 152 Å². The molecule has 1 amide bonds. The SMILES string of the molecule is O=C(NCc1ccc(-c2cccnc2)nc1)c1ccc(OC(F)(F)F)cc1. The van der Waals surface area contributed by atoms with Gasteiger partial charge in [-0.2, -0.15) is 0 Å². The summed E-state index contributed by atoms with van der Waals surface area (Å²) in [4.78, 5) is 20.5. The lowest BCUT2D eigenvalue weighted by molar-refractivity contribution is -0.274. The minimum absolute atomic E-state index is 0.226. The van der Waals surface area contributed by atoms with Crippen molar-refractivity contribution in [3.8, 4) is 17.0 Å². The molecule has 5 nitrogen and oxygen atoms in total. The Bertz CT molecular complexity index is 896. The minimum atomic E-state index is -4.77. The van der Waals surface area contributed by atoms with Gasteiger partial charge < -0.3 is 10.1 Å². The van der Waals surface area contributed by atoms with Crippen molar-refractivity contribution in [1.82, 2.24) is 15.3 Å². The molecule has 0 bridgehead atoms. The third kappa shape index (κ3) is 5.27. The summed E-state index contributed by atoms with van der Waals surface area (Å²) < 4.78 is 40.2. The van der Waals surface area contributed by atoms with Gasteiger partial charge >= 0.3 is 6.36 Å². The van der Waals surface area contributed by atoms with Crippen LogP contribution in [-0.4, -0.2) is 22.2 Å². The largest absolute Gasteiger partial charge is 0.573 e. The second kappa shape index (κ2) is 7.86. The van der Waals surface area contributed by atoms with E-state index in [0.717, 1.165) is 29.0 Å². The maximum Gasteiger partial charge on any atom is 0.573 e. The van der Waals surface area contributed by atoms with Crippen molar-refractivity contribution in [2.45, 2.75) is 12.9 Å². The molecule has 8 heteroatoms. The second-order valence-electron chi connectivity index (χ2n) is 5.55. The molecule has 0 saturated carbocycles. The number of hydrogen-bond acceptors (Lipinski definition) is 4. The standard InChI is InChI=1S/C19H14F3N3O2/c20-19(21,22)27-16-6-4-14(5-7-16)18(26)25-11-13-3-8-17(24-10-13)15-2-1-9-23-12-15/h1-10,12H,11H2,(H,25,26). The van der Waals surface area contributed by atoms with Gasteiger partial charge in [0.1, 0.15) is 5.75 Å². The van der Waals surface area contributed by atoms with Gasteiger partial charge in [0.2, 0.25) is 0 Å². The third-order valence-corrected chi connectivity index (χ3v) is 3.59. The first-order valence-electron chi connectivity index (χ1n) is 7.90. The number of nitrogens with one attached hydrogen (secondary N) is 1. The van der Waals surface area contributed by atoms with Crippen molar-refractivity contribution in [3.63, 3.8) is 0 Å². The number of alkyl halides is 3. The van der Waals surface area contributed by atoms with E-state index in [2.05, 4.69) is 20.0 Å². The number of nitrogens with zero attached hydrogens (tertiary/aromatic N) is 2. The normalized spacial score (nSPS) is 11.1. The van der Waals surface area contributed by atoms with E-state index >= 15 is 0 Å². The number of aromatic nitrogens is 2. The van der Waals surface area contributed by atoms with Crippen molar-refractivity contribution in [3.05, 3.63) is 78.2 Å². The molecule has 3 aromatic rings. The number of carbonyl (C=O) groups is 1. The molecule has 0 radical (unpaired) electrons. The zero-order valence-corrected chi connectivity index (χ0v) is 13.9. The lowest BCUT2D eigenvalue weighted by Crippen LogP contribution is -2.23. The molecule has 0 spiro atoms. The highest BCUT2D eigenvalue weighted by Gasteiger charge is 2.31. The Morgan fingerprint density at radius 1 is 1.04 bits per heavy atom. The third-order valence-electron chi connectivity index (χ3n) is 3.59. The number of carbonyl (C=O) groups excluding carboxylic acids is 1. The van der Waals surface area contributed by atoms with Crippen LogP contribution in [-0.2, 0) is 6.54 Å². The van der Waals surface area contributed by atoms with Gasteiger partial charge in [0.15, 0.2) is 0 Å². The molecule has 0 aliphatic heterocycles. The summed E-state index contributed by atoms with van der Waals surface area (Å²) >= 11 is 0. The van der Waals surface area contributed by atoms with Gasteiger partial charge in [0.05, 0.1) is 5.69 Å². The van der Waals surface area contributed by atoms with E-state index in [9.17, 15) is 18.0 Å². The van der Waals surface area contributed by atoms with Crippen LogP contribution in [0.3, 0.4) is 0 Å². The Morgan fingerprint density at radius 3 is 2.41 bits per heavy atom. The summed E-state index contributed by atoms with van der Waals surface area (Å²) in [5, 5.41) is 2.69. The predicted octanol–water partition coefficient (Wildman–Crippen LogP) is 3.97. The monoisotopic (exact) mass is 373 g/mol. The van der Waals surface area contributed by atoms with E-state index in [1.54, 1.807) is 18.6 Å². The highest BCUT2D eigenvalue weighted by molar-refractivity contribution is 5.94. The van der Waals surface area contributed by atoms with Gasteiger partial charge in [-0.25, -0.2) is 0 Å². The highest BCUT2D eigenvalue weighted by atomic mass is 19.4. The summed E-state index contributed by atoms with van der Waals surface area (Å²) in [7, 11) is 0. The number of halogens is 3. The second-order valence-corrected chi connectivity index (χ2v) is 5.55. The zero-order chi connectivity index (χ0) is 19.3. The van der Waals surface area contributed by atoms with E-state index in [0.29, 0.717) is 0 Å². The summed E-state index contributed by atoms with van der Waals surface area (Å²) in [6.45, 7) is 0.236. The Balaban J connectivity index is 1.57. The lowest BCUT2D eigenvalue weighted by Gasteiger charge is -2.09. The van der Waals surface area contributed by atoms with Crippen LogP contribution >= 0.6 is 0 Å². The van der Waals surface area contributed by atoms with Crippen LogP contribution in [0.5, 0.6) is 5.75 Å². The van der Waals surface area contributed by atoms with Crippen molar-refractivity contribution in [2.75, 3.05) is 0 Å². The van der Waals surface area contributed by atoms with E-state index in [1.807, 2.05) is 24.3 Å². The molecule has 138 valence electrons. The van der Waals surface area contributed by atoms with Crippen LogP contribution in [0.1, 0.15) is 15.9 Å². The molecule has 2 heterocycles. The molecule has 2 aromatic heterocycles. The fourth-order valence-electron chi connectivity index (χ4n) is 2.31. The molecule has 0 aliphatic carbocycles. The molecule has 1 N–H and O–H groups in total. The molecular formula is C19H14F3N3O2. The summed E-state index contributed by atoms with van der Waals surface area (Å²) in [6.07, 6.45) is 0.257. The highest BCUT2D eigenvalue weighted by Crippen LogP contribution is 2.22. The van der Waals surface area contributed by atoms with Gasteiger partial charge in [0.25, 0.3) is 5.91 Å². The summed E-state index contributed by atoms with van der Waals surface area (Å²) in [5.74, 6) is -0.792. The maximum atomic E-state index is 12.1. The fourth-order valence-corrected chi connectivity index (χ4v) is 2.31. The van der Waals surface area contributed by atoms with E-state index in [4.69, 9.17) is 0 Å². The maximum absolute atomic E-state index is 12.1. The fraction of sp³-hybridized carbons (Fsp3) is 0.105. The average molecular weight is 373 g/mol. The van der Waals surface area contributed by atoms with Crippen LogP contribution < -0.4 is 10.1 Å². The molecule has 0 unspecified atom stereocenters. The van der Waals surface area contributed by atoms with Crippen LogP contribution in [0.2, 0.25) is 0 Å². The van der Waals surface area contributed by atoms with Crippen LogP contribution in [0.25, 0.3) is 11.3 Å². The molecule has 0 atom stereocenters. The van der Waals surface area contributed by atoms with Crippen molar-refractivity contribution < 1.29 is 22.7 Å². The minimum Gasteiger partial charge on any atom is -0.406 e. The smallest absolute Gasteiger partial charge is 0.406 e. The van der Waals surface area contributed by atoms with Crippen molar-refractivity contribution >= 4 is 5.91 Å². The molecule has 0 fully saturated rings. The Kier molecular flexibility index (Phi) is 5.35. The van der Waals surface area contributed by atoms with Crippen LogP contribution in [0.15, 0.2) is 67.1 Å². The van der Waals surface area contributed by atoms with Gasteiger partial charge in [-0.3, -0.25) is 14.8 Å². The molecule has 27 heavy (non-hydrogen) atoms. The molecule has 0 aliphatic rings. The predicted molar refractivity (Wildman–Crippen MR) is 91.8 cm³/mol. The number of ether oxygens (including phenoxy) is 1. The van der Waals surface area contributed by atoms with E-state index < -0.39 is 12.3 Å². The van der Waals surface area contributed by atoms with Crippen molar-refractivity contribution in [2.24, 2.45) is 0 Å². The summed E-state index contributed by atoms with van der Waals surface area (Å²) in [6, 6.07) is 12.1. The van der Waals surface area contributed by atoms with Gasteiger partial charge in [0, 0.05) is 36.3 Å². The number of amides is 1. The molecular weight excluding hydrogens is 359 g/mol. The topological polar surface area (TPSA) is 64.1 Å². The lowest BCUT2D eigenvalue weighted by atomic mass is 10.1. The van der Waals surface area contributed by atoms with Gasteiger partial charge in [-0.1, -0.05) is 6.07 Å². The first-order chi connectivity index (χ1) is 12.9. The number of benzene rings is 1. The number of hydrogen-bond donors (Lipinski definition) is 1. The molecule has 0 saturated heterocycles. The summed E-state index contributed by atoms with van der Waals surface area (Å²) in [5.41, 5.74) is 2.66. The number of pyridine rings is 2. The van der Waals surface area contributed by atoms with Crippen LogP contribution in [0, 0.1) is 0 Å². The quantitative estimate of drug-likeness (QED) is 0.735. The molecule has 3 rings (SSSR count). The zero-order valence-electron chi connectivity index (χ0n) is 13.9. The Morgan fingerprint density at radius 2 is 1.81 bits per heavy atom. The van der Waals surface area contributed by atoms with E-state index in [1.165, 1.54) is 12.1 Å². The van der Waals surface area contributed by atoms with E-state index in [-0.39, 0.29) is 17.9 Å². The average Bonchev–Trinajstić information content (AvgIpc) is 2.66. The first-order valence-corrected chi connectivity index (χ1v) is 7.90. The van der Waals surface area contributed by atoms with Crippen LogP contribution in [0.4, 0.5) is 13.2 Å². The van der Waals surface area contributed by atoms with Crippen molar-refractivity contribution in [1.29, 1.82) is 0 Å². The molecule has 1 aromatic carbocycles. The number of rotatable bonds is 5. The first kappa shape index (κ1) is 18.4. The van der Waals surface area contributed by atoms with Gasteiger partial charge in [-0.05, 0) is 48.0 Å². The van der Waals surface area contributed by atoms with Gasteiger partial charge in [-0.15, -0.1) is 13.2 Å².